The summed E-state index contributed by atoms with van der Waals surface area (Å²) in [6, 6.07) is 5.80. The molecule has 0 amide bonds. The van der Waals surface area contributed by atoms with Gasteiger partial charge in [-0.1, -0.05) is 6.07 Å². The smallest absolute Gasteiger partial charge is 0.128 e. The Hall–Kier alpha value is -1.66. The first-order valence-corrected chi connectivity index (χ1v) is 6.17. The van der Waals surface area contributed by atoms with Gasteiger partial charge in [0.05, 0.1) is 6.61 Å². The van der Waals surface area contributed by atoms with E-state index in [0.29, 0.717) is 13.0 Å². The van der Waals surface area contributed by atoms with Crippen LogP contribution in [-0.2, 0) is 0 Å². The van der Waals surface area contributed by atoms with E-state index in [2.05, 4.69) is 5.92 Å². The monoisotopic (exact) mass is 245 g/mol. The molecule has 18 heavy (non-hydrogen) atoms. The van der Waals surface area contributed by atoms with Crippen molar-refractivity contribution < 1.29 is 9.47 Å². The Balaban J connectivity index is 2.18. The third kappa shape index (κ3) is 2.77. The zero-order chi connectivity index (χ0) is 13.2. The van der Waals surface area contributed by atoms with Crippen LogP contribution in [0.3, 0.4) is 0 Å². The van der Waals surface area contributed by atoms with Crippen molar-refractivity contribution in [2.45, 2.75) is 38.3 Å². The summed E-state index contributed by atoms with van der Waals surface area (Å²) < 4.78 is 11.5. The van der Waals surface area contributed by atoms with Gasteiger partial charge in [0.25, 0.3) is 0 Å². The van der Waals surface area contributed by atoms with Crippen molar-refractivity contribution >= 4 is 0 Å². The summed E-state index contributed by atoms with van der Waals surface area (Å²) in [5.41, 5.74) is 6.95. The molecule has 1 unspecified atom stereocenters. The van der Waals surface area contributed by atoms with Crippen molar-refractivity contribution in [1.29, 1.82) is 0 Å². The van der Waals surface area contributed by atoms with Gasteiger partial charge in [0, 0.05) is 30.5 Å². The standard InChI is InChI=1S/C15H19NO2/c1-4-5-8-17-11-6-7-12-13(16)10-15(2,3)18-14(12)9-11/h1,6-7,9,13H,5,8,10,16H2,2-3H3. The van der Waals surface area contributed by atoms with Gasteiger partial charge in [0.2, 0.25) is 0 Å². The number of hydrogen-bond donors (Lipinski definition) is 1. The summed E-state index contributed by atoms with van der Waals surface area (Å²) in [4.78, 5) is 0. The number of hydrogen-bond acceptors (Lipinski definition) is 3. The summed E-state index contributed by atoms with van der Waals surface area (Å²) in [7, 11) is 0. The Labute approximate surface area is 108 Å². The molecule has 0 spiro atoms. The fourth-order valence-corrected chi connectivity index (χ4v) is 2.21. The van der Waals surface area contributed by atoms with Crippen molar-refractivity contribution in [3.8, 4) is 23.8 Å². The van der Waals surface area contributed by atoms with Crippen LogP contribution in [0.25, 0.3) is 0 Å². The molecule has 1 aliphatic rings. The molecule has 0 bridgehead atoms. The summed E-state index contributed by atoms with van der Waals surface area (Å²) in [5, 5.41) is 0. The predicted octanol–water partition coefficient (Wildman–Crippen LogP) is 2.65. The number of fused-ring (bicyclic) bond motifs is 1. The molecule has 2 rings (SSSR count). The Morgan fingerprint density at radius 1 is 1.56 bits per heavy atom. The normalized spacial score (nSPS) is 20.4. The van der Waals surface area contributed by atoms with E-state index in [1.807, 2.05) is 32.0 Å². The van der Waals surface area contributed by atoms with E-state index in [1.54, 1.807) is 0 Å². The second-order valence-corrected chi connectivity index (χ2v) is 5.17. The molecular weight excluding hydrogens is 226 g/mol. The van der Waals surface area contributed by atoms with Crippen molar-refractivity contribution in [3.63, 3.8) is 0 Å². The van der Waals surface area contributed by atoms with Crippen LogP contribution in [0, 0.1) is 12.3 Å². The molecular formula is C15H19NO2. The molecule has 0 radical (unpaired) electrons. The maximum absolute atomic E-state index is 6.15. The minimum Gasteiger partial charge on any atom is -0.492 e. The van der Waals surface area contributed by atoms with E-state index in [4.69, 9.17) is 21.6 Å². The zero-order valence-corrected chi connectivity index (χ0v) is 10.9. The molecule has 2 N–H and O–H groups in total. The second-order valence-electron chi connectivity index (χ2n) is 5.17. The maximum Gasteiger partial charge on any atom is 0.128 e. The number of nitrogens with two attached hydrogens (primary N) is 1. The topological polar surface area (TPSA) is 44.5 Å². The molecule has 96 valence electrons. The molecule has 0 saturated carbocycles. The van der Waals surface area contributed by atoms with Crippen LogP contribution < -0.4 is 15.2 Å². The number of benzene rings is 1. The minimum atomic E-state index is -0.232. The van der Waals surface area contributed by atoms with Crippen LogP contribution in [-0.4, -0.2) is 12.2 Å². The highest BCUT2D eigenvalue weighted by atomic mass is 16.5. The Morgan fingerprint density at radius 3 is 3.06 bits per heavy atom. The molecule has 1 aromatic rings. The zero-order valence-electron chi connectivity index (χ0n) is 10.9. The molecule has 0 aromatic heterocycles. The minimum absolute atomic E-state index is 0.0171. The maximum atomic E-state index is 6.15. The Bertz CT molecular complexity index is 474. The summed E-state index contributed by atoms with van der Waals surface area (Å²) in [5.74, 6) is 4.13. The number of ether oxygens (including phenoxy) is 2. The summed E-state index contributed by atoms with van der Waals surface area (Å²) in [6.45, 7) is 4.61. The van der Waals surface area contributed by atoms with Crippen LogP contribution in [0.1, 0.15) is 38.3 Å². The van der Waals surface area contributed by atoms with E-state index >= 15 is 0 Å². The molecule has 1 atom stereocenters. The largest absolute Gasteiger partial charge is 0.492 e. The highest BCUT2D eigenvalue weighted by Crippen LogP contribution is 2.39. The van der Waals surface area contributed by atoms with Gasteiger partial charge < -0.3 is 15.2 Å². The number of terminal acetylenes is 1. The van der Waals surface area contributed by atoms with Gasteiger partial charge in [0.15, 0.2) is 0 Å². The average molecular weight is 245 g/mol. The van der Waals surface area contributed by atoms with Gasteiger partial charge in [-0.15, -0.1) is 12.3 Å². The van der Waals surface area contributed by atoms with Gasteiger partial charge >= 0.3 is 0 Å². The molecule has 3 heteroatoms. The molecule has 3 nitrogen and oxygen atoms in total. The lowest BCUT2D eigenvalue weighted by atomic mass is 9.90. The van der Waals surface area contributed by atoms with Crippen LogP contribution in [0.2, 0.25) is 0 Å². The lowest BCUT2D eigenvalue weighted by Gasteiger charge is -2.36. The van der Waals surface area contributed by atoms with E-state index in [0.717, 1.165) is 23.5 Å². The Kier molecular flexibility index (Phi) is 3.49. The lowest BCUT2D eigenvalue weighted by Crippen LogP contribution is -2.37. The van der Waals surface area contributed by atoms with Crippen LogP contribution in [0.15, 0.2) is 18.2 Å². The van der Waals surface area contributed by atoms with E-state index in [-0.39, 0.29) is 11.6 Å². The predicted molar refractivity (Wildman–Crippen MR) is 71.6 cm³/mol. The first-order valence-electron chi connectivity index (χ1n) is 6.17. The third-order valence-electron chi connectivity index (χ3n) is 3.00. The molecule has 0 aliphatic carbocycles. The van der Waals surface area contributed by atoms with Crippen molar-refractivity contribution in [3.05, 3.63) is 23.8 Å². The highest BCUT2D eigenvalue weighted by molar-refractivity contribution is 5.44. The lowest BCUT2D eigenvalue weighted by molar-refractivity contribution is 0.0724. The van der Waals surface area contributed by atoms with Crippen LogP contribution in [0.5, 0.6) is 11.5 Å². The molecule has 0 saturated heterocycles. The van der Waals surface area contributed by atoms with Crippen LogP contribution in [0.4, 0.5) is 0 Å². The van der Waals surface area contributed by atoms with Gasteiger partial charge in [-0.3, -0.25) is 0 Å². The second kappa shape index (κ2) is 4.91. The van der Waals surface area contributed by atoms with Gasteiger partial charge in [-0.05, 0) is 19.9 Å². The molecule has 1 heterocycles. The third-order valence-corrected chi connectivity index (χ3v) is 3.00. The first kappa shape index (κ1) is 12.8. The van der Waals surface area contributed by atoms with E-state index in [1.165, 1.54) is 0 Å². The highest BCUT2D eigenvalue weighted by Gasteiger charge is 2.31. The average Bonchev–Trinajstić information content (AvgIpc) is 2.27. The summed E-state index contributed by atoms with van der Waals surface area (Å²) in [6.07, 6.45) is 6.60. The van der Waals surface area contributed by atoms with Crippen molar-refractivity contribution in [2.24, 2.45) is 5.73 Å². The molecule has 1 aliphatic heterocycles. The van der Waals surface area contributed by atoms with Gasteiger partial charge in [-0.25, -0.2) is 0 Å². The van der Waals surface area contributed by atoms with Gasteiger partial charge in [0.1, 0.15) is 17.1 Å². The van der Waals surface area contributed by atoms with Crippen LogP contribution >= 0.6 is 0 Å². The molecule has 0 fully saturated rings. The first-order chi connectivity index (χ1) is 8.52. The number of rotatable bonds is 3. The van der Waals surface area contributed by atoms with Crippen molar-refractivity contribution in [2.75, 3.05) is 6.61 Å². The fraction of sp³-hybridized carbons (Fsp3) is 0.467. The fourth-order valence-electron chi connectivity index (χ4n) is 2.21. The molecule has 1 aromatic carbocycles. The quantitative estimate of drug-likeness (QED) is 0.657. The van der Waals surface area contributed by atoms with E-state index in [9.17, 15) is 0 Å². The van der Waals surface area contributed by atoms with E-state index < -0.39 is 0 Å². The van der Waals surface area contributed by atoms with Crippen molar-refractivity contribution in [1.82, 2.24) is 0 Å². The summed E-state index contributed by atoms with van der Waals surface area (Å²) >= 11 is 0. The van der Waals surface area contributed by atoms with Gasteiger partial charge in [-0.2, -0.15) is 0 Å². The Morgan fingerprint density at radius 2 is 2.33 bits per heavy atom. The SMILES string of the molecule is C#CCCOc1ccc2c(c1)OC(C)(C)CC2N.